The predicted octanol–water partition coefficient (Wildman–Crippen LogP) is 7.24. The molecule has 4 aromatic rings. The molecule has 0 saturated heterocycles. The van der Waals surface area contributed by atoms with Gasteiger partial charge in [0, 0.05) is 46.8 Å². The molecular formula is C29H29ClN2O2. The maximum absolute atomic E-state index is 13.6. The quantitative estimate of drug-likeness (QED) is 0.261. The van der Waals surface area contributed by atoms with E-state index in [1.54, 1.807) is 0 Å². The molecule has 34 heavy (non-hydrogen) atoms. The van der Waals surface area contributed by atoms with Gasteiger partial charge in [-0.2, -0.15) is 0 Å². The highest BCUT2D eigenvalue weighted by Crippen LogP contribution is 2.45. The van der Waals surface area contributed by atoms with Gasteiger partial charge in [0.15, 0.2) is 0 Å². The number of aromatic nitrogens is 1. The minimum Gasteiger partial charge on any atom is -0.381 e. The number of benzene rings is 3. The Morgan fingerprint density at radius 2 is 1.68 bits per heavy atom. The van der Waals surface area contributed by atoms with Gasteiger partial charge in [0.2, 0.25) is 0 Å². The third-order valence-corrected chi connectivity index (χ3v) is 6.79. The molecule has 1 N–H and O–H groups in total. The van der Waals surface area contributed by atoms with E-state index in [1.165, 1.54) is 0 Å². The van der Waals surface area contributed by atoms with Gasteiger partial charge in [-0.3, -0.25) is 4.79 Å². The Morgan fingerprint density at radius 1 is 0.941 bits per heavy atom. The van der Waals surface area contributed by atoms with Gasteiger partial charge < -0.3 is 14.6 Å². The van der Waals surface area contributed by atoms with Gasteiger partial charge in [0.1, 0.15) is 0 Å². The SMILES string of the molecule is CCCCOCCCN1C(=O)c2ccccc2[C@H]1c1c(-c2ccc(Cl)cc2)[nH]c2ccccc12. The van der Waals surface area contributed by atoms with Gasteiger partial charge in [-0.05, 0) is 48.2 Å². The van der Waals surface area contributed by atoms with E-state index < -0.39 is 0 Å². The first kappa shape index (κ1) is 22.7. The van der Waals surface area contributed by atoms with E-state index in [-0.39, 0.29) is 11.9 Å². The summed E-state index contributed by atoms with van der Waals surface area (Å²) in [4.78, 5) is 19.2. The largest absolute Gasteiger partial charge is 0.381 e. The number of carbonyl (C=O) groups excluding carboxylic acids is 1. The van der Waals surface area contributed by atoms with E-state index in [0.717, 1.165) is 64.7 Å². The fraction of sp³-hybridized carbons (Fsp3) is 0.276. The summed E-state index contributed by atoms with van der Waals surface area (Å²) in [5.74, 6) is 0.0847. The number of nitrogens with zero attached hydrogens (tertiary/aromatic N) is 1. The number of hydrogen-bond acceptors (Lipinski definition) is 2. The number of carbonyl (C=O) groups is 1. The first-order valence-electron chi connectivity index (χ1n) is 12.0. The summed E-state index contributed by atoms with van der Waals surface area (Å²) in [5.41, 5.74) is 6.10. The lowest BCUT2D eigenvalue weighted by Gasteiger charge is -2.27. The highest BCUT2D eigenvalue weighted by molar-refractivity contribution is 6.30. The monoisotopic (exact) mass is 472 g/mol. The van der Waals surface area contributed by atoms with Crippen molar-refractivity contribution < 1.29 is 9.53 Å². The third kappa shape index (κ3) is 4.24. The van der Waals surface area contributed by atoms with Crippen LogP contribution in [0.3, 0.4) is 0 Å². The molecule has 0 fully saturated rings. The minimum absolute atomic E-state index is 0.0847. The van der Waals surface area contributed by atoms with Crippen LogP contribution in [0.2, 0.25) is 5.02 Å². The van der Waals surface area contributed by atoms with E-state index in [0.29, 0.717) is 18.2 Å². The lowest BCUT2D eigenvalue weighted by Crippen LogP contribution is -2.30. The highest BCUT2D eigenvalue weighted by atomic mass is 35.5. The average Bonchev–Trinajstić information content (AvgIpc) is 3.37. The van der Waals surface area contributed by atoms with Crippen molar-refractivity contribution >= 4 is 28.4 Å². The van der Waals surface area contributed by atoms with Crippen LogP contribution in [0.1, 0.15) is 53.7 Å². The van der Waals surface area contributed by atoms with E-state index in [9.17, 15) is 4.79 Å². The zero-order chi connectivity index (χ0) is 23.5. The van der Waals surface area contributed by atoms with Crippen molar-refractivity contribution in [3.8, 4) is 11.3 Å². The molecule has 4 nitrogen and oxygen atoms in total. The summed E-state index contributed by atoms with van der Waals surface area (Å²) in [6.45, 7) is 4.24. The molecule has 0 unspecified atom stereocenters. The van der Waals surface area contributed by atoms with Gasteiger partial charge in [0.25, 0.3) is 5.91 Å². The molecule has 0 spiro atoms. The number of unbranched alkanes of at least 4 members (excludes halogenated alkanes) is 1. The standard InChI is InChI=1S/C29H29ClN2O2/c1-2-3-18-34-19-8-17-32-28(22-9-4-5-10-23(22)29(32)33)26-24-11-6-7-12-25(24)31-27(26)20-13-15-21(30)16-14-20/h4-7,9-16,28,31H,2-3,8,17-19H2,1H3/t28-/m0/s1. The lowest BCUT2D eigenvalue weighted by atomic mass is 9.93. The van der Waals surface area contributed by atoms with Crippen LogP contribution in [0.15, 0.2) is 72.8 Å². The molecule has 1 amide bonds. The minimum atomic E-state index is -0.166. The second-order valence-electron chi connectivity index (χ2n) is 8.77. The van der Waals surface area contributed by atoms with Crippen LogP contribution in [0.25, 0.3) is 22.2 Å². The normalized spacial score (nSPS) is 15.3. The van der Waals surface area contributed by atoms with Crippen molar-refractivity contribution in [3.05, 3.63) is 94.5 Å². The Hall–Kier alpha value is -3.08. The fourth-order valence-corrected chi connectivity index (χ4v) is 5.02. The summed E-state index contributed by atoms with van der Waals surface area (Å²) in [5, 5.41) is 1.83. The number of hydrogen-bond donors (Lipinski definition) is 1. The first-order chi connectivity index (χ1) is 16.7. The van der Waals surface area contributed by atoms with E-state index in [1.807, 2.05) is 53.4 Å². The Labute approximate surface area is 205 Å². The Kier molecular flexibility index (Phi) is 6.70. The van der Waals surface area contributed by atoms with Crippen molar-refractivity contribution in [1.29, 1.82) is 0 Å². The first-order valence-corrected chi connectivity index (χ1v) is 12.4. The number of H-pyrrole nitrogens is 1. The Morgan fingerprint density at radius 3 is 2.50 bits per heavy atom. The molecule has 1 aliphatic heterocycles. The molecule has 174 valence electrons. The number of fused-ring (bicyclic) bond motifs is 2. The number of halogens is 1. The number of para-hydroxylation sites is 1. The summed E-state index contributed by atoms with van der Waals surface area (Å²) in [6.07, 6.45) is 2.99. The zero-order valence-electron chi connectivity index (χ0n) is 19.4. The molecule has 5 heteroatoms. The smallest absolute Gasteiger partial charge is 0.255 e. The van der Waals surface area contributed by atoms with Crippen molar-refractivity contribution in [3.63, 3.8) is 0 Å². The van der Waals surface area contributed by atoms with Crippen LogP contribution in [-0.2, 0) is 4.74 Å². The van der Waals surface area contributed by atoms with Crippen LogP contribution in [0.5, 0.6) is 0 Å². The van der Waals surface area contributed by atoms with Crippen LogP contribution < -0.4 is 0 Å². The van der Waals surface area contributed by atoms with Gasteiger partial charge in [-0.1, -0.05) is 73.5 Å². The Balaban J connectivity index is 1.58. The molecule has 1 aromatic heterocycles. The maximum atomic E-state index is 13.6. The number of ether oxygens (including phenoxy) is 1. The second-order valence-corrected chi connectivity index (χ2v) is 9.21. The van der Waals surface area contributed by atoms with E-state index in [4.69, 9.17) is 16.3 Å². The number of amides is 1. The summed E-state index contributed by atoms with van der Waals surface area (Å²) < 4.78 is 5.79. The van der Waals surface area contributed by atoms with E-state index >= 15 is 0 Å². The maximum Gasteiger partial charge on any atom is 0.255 e. The zero-order valence-corrected chi connectivity index (χ0v) is 20.1. The molecule has 1 atom stereocenters. The molecule has 0 bridgehead atoms. The molecule has 0 radical (unpaired) electrons. The van der Waals surface area contributed by atoms with Gasteiger partial charge in [-0.15, -0.1) is 0 Å². The topological polar surface area (TPSA) is 45.3 Å². The van der Waals surface area contributed by atoms with Crippen LogP contribution >= 0.6 is 11.6 Å². The summed E-state index contributed by atoms with van der Waals surface area (Å²) in [6, 6.07) is 24.0. The van der Waals surface area contributed by atoms with Gasteiger partial charge in [-0.25, -0.2) is 0 Å². The van der Waals surface area contributed by atoms with Crippen molar-refractivity contribution in [1.82, 2.24) is 9.88 Å². The molecule has 3 aromatic carbocycles. The van der Waals surface area contributed by atoms with Crippen LogP contribution in [0, 0.1) is 0 Å². The van der Waals surface area contributed by atoms with Crippen molar-refractivity contribution in [2.24, 2.45) is 0 Å². The molecule has 0 saturated carbocycles. The fourth-order valence-electron chi connectivity index (χ4n) is 4.89. The van der Waals surface area contributed by atoms with E-state index in [2.05, 4.69) is 36.2 Å². The number of nitrogens with one attached hydrogen (secondary N) is 1. The van der Waals surface area contributed by atoms with Crippen LogP contribution in [0.4, 0.5) is 0 Å². The van der Waals surface area contributed by atoms with Gasteiger partial charge in [0.05, 0.1) is 11.7 Å². The number of aromatic amines is 1. The third-order valence-electron chi connectivity index (χ3n) is 6.54. The van der Waals surface area contributed by atoms with Crippen molar-refractivity contribution in [2.45, 2.75) is 32.2 Å². The molecule has 2 heterocycles. The molecule has 1 aliphatic rings. The molecule has 5 rings (SSSR count). The second kappa shape index (κ2) is 10.0. The summed E-state index contributed by atoms with van der Waals surface area (Å²) in [7, 11) is 0. The summed E-state index contributed by atoms with van der Waals surface area (Å²) >= 11 is 6.18. The lowest BCUT2D eigenvalue weighted by molar-refractivity contribution is 0.0710. The Bertz CT molecular complexity index is 1300. The number of rotatable bonds is 9. The van der Waals surface area contributed by atoms with Gasteiger partial charge >= 0.3 is 0 Å². The molecule has 0 aliphatic carbocycles. The molecular weight excluding hydrogens is 444 g/mol. The average molecular weight is 473 g/mol. The van der Waals surface area contributed by atoms with Crippen molar-refractivity contribution in [2.75, 3.05) is 19.8 Å². The highest BCUT2D eigenvalue weighted by Gasteiger charge is 2.39. The van der Waals surface area contributed by atoms with Crippen LogP contribution in [-0.4, -0.2) is 35.5 Å². The predicted molar refractivity (Wildman–Crippen MR) is 138 cm³/mol.